The van der Waals surface area contributed by atoms with E-state index in [1.54, 1.807) is 23.7 Å². The number of carbonyl (C=O) groups excluding carboxylic acids is 1. The monoisotopic (exact) mass is 357 g/mol. The van der Waals surface area contributed by atoms with Gasteiger partial charge in [0, 0.05) is 16.7 Å². The molecular formula is C21H15N3O3. The molecule has 0 saturated carbocycles. The molecule has 3 heterocycles. The first-order valence-corrected chi connectivity index (χ1v) is 8.55. The summed E-state index contributed by atoms with van der Waals surface area (Å²) in [5.41, 5.74) is 4.85. The van der Waals surface area contributed by atoms with Gasteiger partial charge in [0.2, 0.25) is 6.79 Å². The highest BCUT2D eigenvalue weighted by Gasteiger charge is 2.15. The SMILES string of the molecule is CC(=O)c1cccc(-c2cnc3ccc(-c4ccc5c(c4)OCO5)nn23)c1. The van der Waals surface area contributed by atoms with Gasteiger partial charge in [0.05, 0.1) is 17.6 Å². The van der Waals surface area contributed by atoms with Gasteiger partial charge in [-0.25, -0.2) is 9.50 Å². The summed E-state index contributed by atoms with van der Waals surface area (Å²) in [6, 6.07) is 17.1. The fraction of sp³-hybridized carbons (Fsp3) is 0.0952. The van der Waals surface area contributed by atoms with Gasteiger partial charge < -0.3 is 9.47 Å². The molecule has 132 valence electrons. The molecule has 0 spiro atoms. The van der Waals surface area contributed by atoms with Crippen LogP contribution in [0, 0.1) is 0 Å². The van der Waals surface area contributed by atoms with Crippen molar-refractivity contribution in [1.82, 2.24) is 14.6 Å². The number of fused-ring (bicyclic) bond motifs is 2. The number of aromatic nitrogens is 3. The van der Waals surface area contributed by atoms with Crippen LogP contribution in [0.3, 0.4) is 0 Å². The summed E-state index contributed by atoms with van der Waals surface area (Å²) >= 11 is 0. The van der Waals surface area contributed by atoms with Crippen LogP contribution in [0.4, 0.5) is 0 Å². The van der Waals surface area contributed by atoms with E-state index in [4.69, 9.17) is 14.6 Å². The number of ether oxygens (including phenoxy) is 2. The third kappa shape index (κ3) is 2.62. The van der Waals surface area contributed by atoms with Crippen LogP contribution in [0.2, 0.25) is 0 Å². The van der Waals surface area contributed by atoms with E-state index in [9.17, 15) is 4.79 Å². The summed E-state index contributed by atoms with van der Waals surface area (Å²) in [6.07, 6.45) is 1.77. The van der Waals surface area contributed by atoms with Crippen molar-refractivity contribution in [3.8, 4) is 34.0 Å². The Hall–Kier alpha value is -3.67. The van der Waals surface area contributed by atoms with E-state index in [0.717, 1.165) is 39.7 Å². The minimum absolute atomic E-state index is 0.0275. The van der Waals surface area contributed by atoms with Crippen LogP contribution in [0.15, 0.2) is 60.8 Å². The van der Waals surface area contributed by atoms with Crippen LogP contribution in [0.5, 0.6) is 11.5 Å². The molecular weight excluding hydrogens is 342 g/mol. The molecule has 2 aromatic carbocycles. The molecule has 2 aromatic heterocycles. The number of hydrogen-bond donors (Lipinski definition) is 0. The first-order valence-electron chi connectivity index (χ1n) is 8.55. The van der Waals surface area contributed by atoms with E-state index < -0.39 is 0 Å². The Morgan fingerprint density at radius 1 is 1.00 bits per heavy atom. The fourth-order valence-electron chi connectivity index (χ4n) is 3.18. The Morgan fingerprint density at radius 3 is 2.78 bits per heavy atom. The summed E-state index contributed by atoms with van der Waals surface area (Å²) in [6.45, 7) is 1.80. The summed E-state index contributed by atoms with van der Waals surface area (Å²) in [5.74, 6) is 1.48. The lowest BCUT2D eigenvalue weighted by Gasteiger charge is -2.06. The molecule has 0 bridgehead atoms. The number of benzene rings is 2. The minimum atomic E-state index is 0.0275. The molecule has 5 rings (SSSR count). The first-order chi connectivity index (χ1) is 13.2. The van der Waals surface area contributed by atoms with Crippen LogP contribution < -0.4 is 9.47 Å². The number of ketones is 1. The number of Topliss-reactive ketones (excluding diaryl/α,β-unsaturated/α-hetero) is 1. The van der Waals surface area contributed by atoms with Gasteiger partial charge >= 0.3 is 0 Å². The van der Waals surface area contributed by atoms with E-state index >= 15 is 0 Å². The minimum Gasteiger partial charge on any atom is -0.454 e. The van der Waals surface area contributed by atoms with Crippen molar-refractivity contribution in [1.29, 1.82) is 0 Å². The molecule has 0 aliphatic carbocycles. The predicted molar refractivity (Wildman–Crippen MR) is 100.0 cm³/mol. The van der Waals surface area contributed by atoms with Crippen molar-refractivity contribution in [3.05, 3.63) is 66.4 Å². The van der Waals surface area contributed by atoms with Crippen LogP contribution >= 0.6 is 0 Å². The average molecular weight is 357 g/mol. The lowest BCUT2D eigenvalue weighted by Crippen LogP contribution is -1.98. The van der Waals surface area contributed by atoms with Crippen molar-refractivity contribution in [3.63, 3.8) is 0 Å². The van der Waals surface area contributed by atoms with Crippen molar-refractivity contribution < 1.29 is 14.3 Å². The number of imidazole rings is 1. The second-order valence-electron chi connectivity index (χ2n) is 6.34. The van der Waals surface area contributed by atoms with E-state index in [2.05, 4.69) is 4.98 Å². The molecule has 0 fully saturated rings. The lowest BCUT2D eigenvalue weighted by atomic mass is 10.1. The second kappa shape index (κ2) is 5.95. The zero-order valence-electron chi connectivity index (χ0n) is 14.5. The molecule has 4 aromatic rings. The first kappa shape index (κ1) is 15.6. The average Bonchev–Trinajstić information content (AvgIpc) is 3.33. The quantitative estimate of drug-likeness (QED) is 0.519. The number of rotatable bonds is 3. The standard InChI is InChI=1S/C21H15N3O3/c1-13(25)14-3-2-4-16(9-14)18-11-22-21-8-6-17(23-24(18)21)15-5-7-19-20(10-15)27-12-26-19/h2-11H,12H2,1H3. The van der Waals surface area contributed by atoms with E-state index in [1.165, 1.54) is 0 Å². The molecule has 0 amide bonds. The van der Waals surface area contributed by atoms with Crippen LogP contribution in [0.25, 0.3) is 28.2 Å². The third-order valence-corrected chi connectivity index (χ3v) is 4.60. The summed E-state index contributed by atoms with van der Waals surface area (Å²) < 4.78 is 12.6. The molecule has 27 heavy (non-hydrogen) atoms. The van der Waals surface area contributed by atoms with Crippen molar-refractivity contribution in [2.75, 3.05) is 6.79 Å². The van der Waals surface area contributed by atoms with Gasteiger partial charge in [-0.3, -0.25) is 4.79 Å². The van der Waals surface area contributed by atoms with Crippen LogP contribution in [-0.4, -0.2) is 27.2 Å². The highest BCUT2D eigenvalue weighted by atomic mass is 16.7. The Balaban J connectivity index is 1.63. The zero-order valence-corrected chi connectivity index (χ0v) is 14.5. The third-order valence-electron chi connectivity index (χ3n) is 4.60. The van der Waals surface area contributed by atoms with Gasteiger partial charge in [0.15, 0.2) is 22.9 Å². The molecule has 0 atom stereocenters. The highest BCUT2D eigenvalue weighted by Crippen LogP contribution is 2.35. The van der Waals surface area contributed by atoms with E-state index in [0.29, 0.717) is 5.56 Å². The van der Waals surface area contributed by atoms with Gasteiger partial charge in [0.25, 0.3) is 0 Å². The summed E-state index contributed by atoms with van der Waals surface area (Å²) in [4.78, 5) is 16.1. The number of carbonyl (C=O) groups is 1. The smallest absolute Gasteiger partial charge is 0.231 e. The molecule has 6 heteroatoms. The molecule has 1 aliphatic heterocycles. The molecule has 6 nitrogen and oxygen atoms in total. The topological polar surface area (TPSA) is 65.7 Å². The maximum Gasteiger partial charge on any atom is 0.231 e. The van der Waals surface area contributed by atoms with Crippen molar-refractivity contribution in [2.24, 2.45) is 0 Å². The second-order valence-corrected chi connectivity index (χ2v) is 6.34. The predicted octanol–water partition coefficient (Wildman–Crippen LogP) is 3.99. The molecule has 0 N–H and O–H groups in total. The van der Waals surface area contributed by atoms with Gasteiger partial charge in [0.1, 0.15) is 0 Å². The Morgan fingerprint density at radius 2 is 1.89 bits per heavy atom. The molecule has 0 saturated heterocycles. The van der Waals surface area contributed by atoms with Crippen LogP contribution in [0.1, 0.15) is 17.3 Å². The van der Waals surface area contributed by atoms with E-state index in [1.807, 2.05) is 48.5 Å². The number of nitrogens with zero attached hydrogens (tertiary/aromatic N) is 3. The zero-order chi connectivity index (χ0) is 18.4. The molecule has 0 unspecified atom stereocenters. The van der Waals surface area contributed by atoms with Gasteiger partial charge in [-0.1, -0.05) is 18.2 Å². The van der Waals surface area contributed by atoms with Gasteiger partial charge in [-0.15, -0.1) is 0 Å². The Labute approximate surface area is 155 Å². The number of hydrogen-bond acceptors (Lipinski definition) is 5. The van der Waals surface area contributed by atoms with Crippen molar-refractivity contribution in [2.45, 2.75) is 6.92 Å². The Bertz CT molecular complexity index is 1200. The van der Waals surface area contributed by atoms with Gasteiger partial charge in [-0.05, 0) is 43.3 Å². The Kier molecular flexibility index (Phi) is 3.43. The maximum absolute atomic E-state index is 11.7. The lowest BCUT2D eigenvalue weighted by molar-refractivity contribution is 0.101. The summed E-state index contributed by atoms with van der Waals surface area (Å²) in [5, 5.41) is 4.75. The highest BCUT2D eigenvalue weighted by molar-refractivity contribution is 5.95. The van der Waals surface area contributed by atoms with E-state index in [-0.39, 0.29) is 12.6 Å². The fourth-order valence-corrected chi connectivity index (χ4v) is 3.18. The van der Waals surface area contributed by atoms with Gasteiger partial charge in [-0.2, -0.15) is 5.10 Å². The van der Waals surface area contributed by atoms with Crippen LogP contribution in [-0.2, 0) is 0 Å². The normalized spacial score (nSPS) is 12.5. The van der Waals surface area contributed by atoms with Crippen molar-refractivity contribution >= 4 is 11.4 Å². The summed E-state index contributed by atoms with van der Waals surface area (Å²) in [7, 11) is 0. The molecule has 0 radical (unpaired) electrons. The maximum atomic E-state index is 11.7. The largest absolute Gasteiger partial charge is 0.454 e. The molecule has 1 aliphatic rings.